The molecule has 0 atom stereocenters. The van der Waals surface area contributed by atoms with Gasteiger partial charge >= 0.3 is 12.1 Å². The summed E-state index contributed by atoms with van der Waals surface area (Å²) < 4.78 is 58.3. The molecule has 0 aliphatic heterocycles. The van der Waals surface area contributed by atoms with Gasteiger partial charge in [0.15, 0.2) is 0 Å². The first-order valence-electron chi connectivity index (χ1n) is 8.86. The van der Waals surface area contributed by atoms with Gasteiger partial charge in [0, 0.05) is 25.2 Å². The third-order valence-electron chi connectivity index (χ3n) is 4.10. The van der Waals surface area contributed by atoms with Crippen molar-refractivity contribution in [2.45, 2.75) is 39.5 Å². The maximum Gasteiger partial charge on any atom is 0.471 e. The molecule has 0 saturated heterocycles. The summed E-state index contributed by atoms with van der Waals surface area (Å²) in [6.45, 7) is 4.46. The summed E-state index contributed by atoms with van der Waals surface area (Å²) in [6, 6.07) is 5.18. The Morgan fingerprint density at radius 3 is 2.38 bits per heavy atom. The van der Waals surface area contributed by atoms with Crippen molar-refractivity contribution < 1.29 is 31.7 Å². The lowest BCUT2D eigenvalue weighted by atomic mass is 10.1. The number of aryl methyl sites for hydroxylation is 3. The molecule has 0 bridgehead atoms. The smallest absolute Gasteiger partial charge is 0.471 e. The van der Waals surface area contributed by atoms with Crippen molar-refractivity contribution >= 4 is 0 Å². The van der Waals surface area contributed by atoms with Gasteiger partial charge in [-0.25, -0.2) is 0 Å². The molecule has 3 rings (SSSR count). The molecule has 1 aromatic carbocycles. The van der Waals surface area contributed by atoms with Crippen LogP contribution in [0.4, 0.5) is 13.2 Å². The van der Waals surface area contributed by atoms with Gasteiger partial charge in [-0.05, 0) is 43.5 Å². The Balaban J connectivity index is 1.61. The summed E-state index contributed by atoms with van der Waals surface area (Å²) in [5, 5.41) is 7.31. The van der Waals surface area contributed by atoms with Crippen molar-refractivity contribution in [3.8, 4) is 17.1 Å². The van der Waals surface area contributed by atoms with Gasteiger partial charge in [-0.3, -0.25) is 0 Å². The van der Waals surface area contributed by atoms with E-state index in [1.54, 1.807) is 19.2 Å². The molecule has 3 aromatic rings. The normalized spacial score (nSPS) is 11.8. The molecule has 2 aromatic heterocycles. The highest BCUT2D eigenvalue weighted by atomic mass is 19.4. The molecular formula is C19H20F3N3O4. The largest absolute Gasteiger partial charge is 0.493 e. The van der Waals surface area contributed by atoms with Crippen molar-refractivity contribution in [1.29, 1.82) is 0 Å². The summed E-state index contributed by atoms with van der Waals surface area (Å²) >= 11 is 0. The minimum atomic E-state index is -4.67. The number of hydrogen-bond donors (Lipinski definition) is 0. The van der Waals surface area contributed by atoms with Crippen LogP contribution in [0.5, 0.6) is 5.75 Å². The second-order valence-electron chi connectivity index (χ2n) is 6.53. The molecule has 0 radical (unpaired) electrons. The zero-order valence-corrected chi connectivity index (χ0v) is 16.2. The zero-order valence-electron chi connectivity index (χ0n) is 16.2. The topological polar surface area (TPSA) is 83.4 Å². The van der Waals surface area contributed by atoms with Crippen LogP contribution in [0, 0.1) is 13.8 Å². The first-order valence-corrected chi connectivity index (χ1v) is 8.86. The third-order valence-corrected chi connectivity index (χ3v) is 4.10. The van der Waals surface area contributed by atoms with E-state index in [2.05, 4.69) is 19.8 Å². The van der Waals surface area contributed by atoms with E-state index >= 15 is 0 Å². The van der Waals surface area contributed by atoms with Gasteiger partial charge < -0.3 is 18.5 Å². The molecule has 29 heavy (non-hydrogen) atoms. The molecule has 10 heteroatoms. The fourth-order valence-corrected chi connectivity index (χ4v) is 2.87. The van der Waals surface area contributed by atoms with Gasteiger partial charge in [0.2, 0.25) is 5.82 Å². The van der Waals surface area contributed by atoms with Crippen LogP contribution in [-0.2, 0) is 23.9 Å². The number of benzene rings is 1. The molecule has 7 nitrogen and oxygen atoms in total. The van der Waals surface area contributed by atoms with E-state index < -0.39 is 12.1 Å². The lowest BCUT2D eigenvalue weighted by Gasteiger charge is -2.13. The van der Waals surface area contributed by atoms with E-state index in [1.165, 1.54) is 0 Å². The summed E-state index contributed by atoms with van der Waals surface area (Å²) in [7, 11) is 1.59. The number of rotatable bonds is 8. The molecule has 0 amide bonds. The first-order chi connectivity index (χ1) is 13.8. The zero-order chi connectivity index (χ0) is 21.0. The number of alkyl halides is 3. The van der Waals surface area contributed by atoms with Crippen molar-refractivity contribution in [2.24, 2.45) is 0 Å². The van der Waals surface area contributed by atoms with Gasteiger partial charge in [0.25, 0.3) is 0 Å². The molecule has 0 N–H and O–H groups in total. The van der Waals surface area contributed by atoms with E-state index in [1.807, 2.05) is 19.9 Å². The monoisotopic (exact) mass is 411 g/mol. The van der Waals surface area contributed by atoms with Crippen LogP contribution in [0.1, 0.15) is 34.9 Å². The third kappa shape index (κ3) is 5.14. The van der Waals surface area contributed by atoms with Gasteiger partial charge in [-0.2, -0.15) is 18.2 Å². The van der Waals surface area contributed by atoms with Gasteiger partial charge in [-0.1, -0.05) is 10.3 Å². The Labute approximate surface area is 164 Å². The number of halogens is 3. The van der Waals surface area contributed by atoms with Gasteiger partial charge in [0.1, 0.15) is 17.2 Å². The van der Waals surface area contributed by atoms with E-state index in [4.69, 9.17) is 14.0 Å². The predicted octanol–water partition coefficient (Wildman–Crippen LogP) is 4.52. The Morgan fingerprint density at radius 1 is 1.03 bits per heavy atom. The van der Waals surface area contributed by atoms with Crippen LogP contribution < -0.4 is 4.74 Å². The molecule has 0 aliphatic rings. The molecule has 0 aliphatic carbocycles. The lowest BCUT2D eigenvalue weighted by molar-refractivity contribution is -0.159. The van der Waals surface area contributed by atoms with Crippen LogP contribution in [-0.4, -0.2) is 29.0 Å². The summed E-state index contributed by atoms with van der Waals surface area (Å²) in [6.07, 6.45) is -3.30. The summed E-state index contributed by atoms with van der Waals surface area (Å²) in [4.78, 5) is 3.42. The number of methoxy groups -OCH3 is 1. The van der Waals surface area contributed by atoms with Crippen LogP contribution in [0.25, 0.3) is 11.4 Å². The van der Waals surface area contributed by atoms with Gasteiger partial charge in [-0.15, -0.1) is 0 Å². The van der Waals surface area contributed by atoms with E-state index in [0.29, 0.717) is 37.4 Å². The van der Waals surface area contributed by atoms with Gasteiger partial charge in [0.05, 0.1) is 13.2 Å². The number of hydrogen-bond acceptors (Lipinski definition) is 7. The Bertz CT molecular complexity index is 943. The molecule has 156 valence electrons. The van der Waals surface area contributed by atoms with Crippen LogP contribution in [0.2, 0.25) is 0 Å². The second-order valence-corrected chi connectivity index (χ2v) is 6.53. The van der Waals surface area contributed by atoms with Crippen LogP contribution >= 0.6 is 0 Å². The fourth-order valence-electron chi connectivity index (χ4n) is 2.87. The first kappa shape index (κ1) is 20.8. The molecule has 0 unspecified atom stereocenters. The summed E-state index contributed by atoms with van der Waals surface area (Å²) in [5.41, 5.74) is 2.69. The van der Waals surface area contributed by atoms with E-state index in [-0.39, 0.29) is 5.82 Å². The average molecular weight is 411 g/mol. The van der Waals surface area contributed by atoms with E-state index in [0.717, 1.165) is 22.6 Å². The van der Waals surface area contributed by atoms with Crippen LogP contribution in [0.3, 0.4) is 0 Å². The minimum absolute atomic E-state index is 0.118. The van der Waals surface area contributed by atoms with Crippen molar-refractivity contribution in [2.75, 3.05) is 13.7 Å². The summed E-state index contributed by atoms with van der Waals surface area (Å²) in [5.74, 6) is -0.0654. The standard InChI is InChI=1S/C19H20F3N3O4/c1-11-7-13(17-23-18(29-25-17)19(20,21)22)8-12(2)16(11)27-6-4-5-15-9-14(10-26-3)24-28-15/h7-9H,4-6,10H2,1-3H3. The molecule has 0 fully saturated rings. The Hall–Kier alpha value is -2.88. The number of aromatic nitrogens is 3. The SMILES string of the molecule is COCc1cc(CCCOc2c(C)cc(-c3noc(C(F)(F)F)n3)cc2C)on1. The maximum absolute atomic E-state index is 12.6. The van der Waals surface area contributed by atoms with Crippen molar-refractivity contribution in [1.82, 2.24) is 15.3 Å². The highest BCUT2D eigenvalue weighted by Crippen LogP contribution is 2.32. The molecule has 0 saturated carbocycles. The quantitative estimate of drug-likeness (QED) is 0.504. The maximum atomic E-state index is 12.6. The van der Waals surface area contributed by atoms with Crippen LogP contribution in [0.15, 0.2) is 27.2 Å². The average Bonchev–Trinajstić information content (AvgIpc) is 3.30. The molecular weight excluding hydrogens is 391 g/mol. The minimum Gasteiger partial charge on any atom is -0.493 e. The number of nitrogens with zero attached hydrogens (tertiary/aromatic N) is 3. The predicted molar refractivity (Wildman–Crippen MR) is 95.2 cm³/mol. The molecule has 0 spiro atoms. The molecule has 2 heterocycles. The second kappa shape index (κ2) is 8.64. The highest BCUT2D eigenvalue weighted by Gasteiger charge is 2.38. The van der Waals surface area contributed by atoms with Crippen molar-refractivity contribution in [3.63, 3.8) is 0 Å². The lowest BCUT2D eigenvalue weighted by Crippen LogP contribution is -2.05. The Kier molecular flexibility index (Phi) is 6.21. The highest BCUT2D eigenvalue weighted by molar-refractivity contribution is 5.61. The Morgan fingerprint density at radius 2 is 1.76 bits per heavy atom. The van der Waals surface area contributed by atoms with E-state index in [9.17, 15) is 13.2 Å². The fraction of sp³-hybridized carbons (Fsp3) is 0.421. The number of ether oxygens (including phenoxy) is 2. The van der Waals surface area contributed by atoms with Crippen molar-refractivity contribution in [3.05, 3.63) is 46.7 Å².